The van der Waals surface area contributed by atoms with Crippen LogP contribution in [0.2, 0.25) is 0 Å². The molecule has 1 saturated carbocycles. The summed E-state index contributed by atoms with van der Waals surface area (Å²) in [6.45, 7) is 10.4. The van der Waals surface area contributed by atoms with E-state index >= 15 is 0 Å². The van der Waals surface area contributed by atoms with Gasteiger partial charge in [-0.05, 0) is 45.6 Å². The van der Waals surface area contributed by atoms with E-state index in [4.69, 9.17) is 0 Å². The summed E-state index contributed by atoms with van der Waals surface area (Å²) in [5.74, 6) is 0.887. The highest BCUT2D eigenvalue weighted by molar-refractivity contribution is 5.88. The van der Waals surface area contributed by atoms with E-state index in [2.05, 4.69) is 42.9 Å². The minimum atomic E-state index is -0.363. The van der Waals surface area contributed by atoms with Crippen LogP contribution in [0.4, 0.5) is 0 Å². The summed E-state index contributed by atoms with van der Waals surface area (Å²) >= 11 is 0. The van der Waals surface area contributed by atoms with Crippen LogP contribution in [0, 0.1) is 5.92 Å². The fourth-order valence-electron chi connectivity index (χ4n) is 3.07. The second kappa shape index (κ2) is 6.02. The second-order valence-corrected chi connectivity index (χ2v) is 7.19. The Morgan fingerprint density at radius 2 is 2.10 bits per heavy atom. The van der Waals surface area contributed by atoms with Crippen LogP contribution in [0.5, 0.6) is 0 Å². The predicted molar refractivity (Wildman–Crippen MR) is 82.4 cm³/mol. The molecule has 1 N–H and O–H groups in total. The van der Waals surface area contributed by atoms with Gasteiger partial charge in [0, 0.05) is 19.1 Å². The third-order valence-corrected chi connectivity index (χ3v) is 4.86. The molecule has 1 amide bonds. The average molecular weight is 281 g/mol. The Morgan fingerprint density at radius 1 is 1.45 bits per heavy atom. The third kappa shape index (κ3) is 3.34. The summed E-state index contributed by atoms with van der Waals surface area (Å²) < 4.78 is 0. The first-order chi connectivity index (χ1) is 9.37. The zero-order chi connectivity index (χ0) is 14.9. The van der Waals surface area contributed by atoms with Crippen molar-refractivity contribution in [2.24, 2.45) is 5.92 Å². The third-order valence-electron chi connectivity index (χ3n) is 4.86. The predicted octanol–water partition coefficient (Wildman–Crippen LogP) is 2.05. The van der Waals surface area contributed by atoms with Gasteiger partial charge in [0.15, 0.2) is 0 Å². The first kappa shape index (κ1) is 15.8. The first-order valence-corrected chi connectivity index (χ1v) is 8.16. The van der Waals surface area contributed by atoms with Crippen molar-refractivity contribution in [3.05, 3.63) is 0 Å². The molecule has 1 aliphatic carbocycles. The molecular formula is C16H31N3O. The fourth-order valence-corrected chi connectivity index (χ4v) is 3.07. The number of nitrogens with one attached hydrogen (secondary N) is 1. The van der Waals surface area contributed by atoms with Crippen molar-refractivity contribution in [1.29, 1.82) is 0 Å². The van der Waals surface area contributed by atoms with Crippen LogP contribution in [0.1, 0.15) is 53.4 Å². The zero-order valence-electron chi connectivity index (χ0n) is 13.8. The lowest BCUT2D eigenvalue weighted by atomic mass is 9.99. The van der Waals surface area contributed by atoms with Crippen molar-refractivity contribution in [3.8, 4) is 0 Å². The minimum absolute atomic E-state index is 0.208. The van der Waals surface area contributed by atoms with Crippen LogP contribution < -0.4 is 5.32 Å². The maximum atomic E-state index is 12.7. The van der Waals surface area contributed by atoms with E-state index in [1.54, 1.807) is 0 Å². The molecule has 0 aromatic rings. The summed E-state index contributed by atoms with van der Waals surface area (Å²) in [7, 11) is 2.18. The Kier molecular flexibility index (Phi) is 4.75. The molecule has 0 aromatic carbocycles. The van der Waals surface area contributed by atoms with Crippen LogP contribution in [0.3, 0.4) is 0 Å². The molecule has 20 heavy (non-hydrogen) atoms. The number of hydrogen-bond acceptors (Lipinski definition) is 3. The Balaban J connectivity index is 1.98. The molecule has 0 aromatic heterocycles. The van der Waals surface area contributed by atoms with Crippen molar-refractivity contribution in [2.75, 3.05) is 20.1 Å². The van der Waals surface area contributed by atoms with Crippen molar-refractivity contribution < 1.29 is 4.79 Å². The van der Waals surface area contributed by atoms with Gasteiger partial charge in [0.25, 0.3) is 0 Å². The van der Waals surface area contributed by atoms with Gasteiger partial charge in [0.05, 0.1) is 11.7 Å². The minimum Gasteiger partial charge on any atom is -0.324 e. The smallest absolute Gasteiger partial charge is 0.243 e. The SMILES string of the molecule is CCC1(C)NC(CC(C)C)N(CCN(C)C2CC2)C1=O. The quantitative estimate of drug-likeness (QED) is 0.776. The van der Waals surface area contributed by atoms with E-state index in [1.807, 2.05) is 6.92 Å². The largest absolute Gasteiger partial charge is 0.324 e. The van der Waals surface area contributed by atoms with Gasteiger partial charge in [-0.25, -0.2) is 0 Å². The number of likely N-dealkylation sites (N-methyl/N-ethyl adjacent to an activating group) is 1. The Hall–Kier alpha value is -0.610. The maximum Gasteiger partial charge on any atom is 0.243 e. The van der Waals surface area contributed by atoms with Crippen LogP contribution in [0.15, 0.2) is 0 Å². The molecule has 0 radical (unpaired) electrons. The molecule has 2 atom stereocenters. The van der Waals surface area contributed by atoms with Crippen LogP contribution in [-0.4, -0.2) is 53.6 Å². The van der Waals surface area contributed by atoms with E-state index in [1.165, 1.54) is 12.8 Å². The molecule has 0 spiro atoms. The van der Waals surface area contributed by atoms with Gasteiger partial charge in [-0.1, -0.05) is 20.8 Å². The molecular weight excluding hydrogens is 250 g/mol. The topological polar surface area (TPSA) is 35.6 Å². The van der Waals surface area contributed by atoms with Crippen molar-refractivity contribution in [2.45, 2.75) is 71.1 Å². The molecule has 1 heterocycles. The first-order valence-electron chi connectivity index (χ1n) is 8.16. The highest BCUT2D eigenvalue weighted by atomic mass is 16.2. The molecule has 0 bridgehead atoms. The van der Waals surface area contributed by atoms with Crippen LogP contribution in [0.25, 0.3) is 0 Å². The van der Waals surface area contributed by atoms with E-state index < -0.39 is 0 Å². The molecule has 2 aliphatic rings. The second-order valence-electron chi connectivity index (χ2n) is 7.19. The number of carbonyl (C=O) groups excluding carboxylic acids is 1. The molecule has 4 nitrogen and oxygen atoms in total. The van der Waals surface area contributed by atoms with Crippen molar-refractivity contribution in [1.82, 2.24) is 15.1 Å². The highest BCUT2D eigenvalue weighted by Gasteiger charge is 2.46. The Labute approximate surface area is 123 Å². The van der Waals surface area contributed by atoms with E-state index in [0.29, 0.717) is 5.92 Å². The standard InChI is InChI=1S/C16H31N3O/c1-6-16(4)15(20)19(14(17-16)11-12(2)3)10-9-18(5)13-7-8-13/h12-14,17H,6-11H2,1-5H3. The number of hydrogen-bond donors (Lipinski definition) is 1. The monoisotopic (exact) mass is 281 g/mol. The van der Waals surface area contributed by atoms with Gasteiger partial charge < -0.3 is 9.80 Å². The number of rotatable bonds is 7. The van der Waals surface area contributed by atoms with Gasteiger partial charge in [0.1, 0.15) is 0 Å². The van der Waals surface area contributed by atoms with Gasteiger partial charge in [-0.2, -0.15) is 0 Å². The molecule has 2 fully saturated rings. The molecule has 2 rings (SSSR count). The molecule has 1 aliphatic heterocycles. The Bertz CT molecular complexity index is 354. The maximum absolute atomic E-state index is 12.7. The van der Waals surface area contributed by atoms with E-state index in [0.717, 1.165) is 32.0 Å². The lowest BCUT2D eigenvalue weighted by Crippen LogP contribution is -2.44. The normalized spacial score (nSPS) is 30.9. The average Bonchev–Trinajstić information content (AvgIpc) is 3.18. The number of amides is 1. The van der Waals surface area contributed by atoms with E-state index in [-0.39, 0.29) is 17.6 Å². The number of nitrogens with zero attached hydrogens (tertiary/aromatic N) is 2. The Morgan fingerprint density at radius 3 is 2.60 bits per heavy atom. The van der Waals surface area contributed by atoms with Crippen LogP contribution >= 0.6 is 0 Å². The summed E-state index contributed by atoms with van der Waals surface area (Å²) in [5, 5.41) is 3.57. The summed E-state index contributed by atoms with van der Waals surface area (Å²) in [6, 6.07) is 0.766. The highest BCUT2D eigenvalue weighted by Crippen LogP contribution is 2.28. The van der Waals surface area contributed by atoms with Crippen molar-refractivity contribution in [3.63, 3.8) is 0 Å². The molecule has 4 heteroatoms. The van der Waals surface area contributed by atoms with Gasteiger partial charge >= 0.3 is 0 Å². The van der Waals surface area contributed by atoms with Crippen molar-refractivity contribution >= 4 is 5.91 Å². The van der Waals surface area contributed by atoms with Gasteiger partial charge in [-0.3, -0.25) is 10.1 Å². The van der Waals surface area contributed by atoms with Crippen LogP contribution in [-0.2, 0) is 4.79 Å². The molecule has 116 valence electrons. The van der Waals surface area contributed by atoms with E-state index in [9.17, 15) is 4.79 Å². The summed E-state index contributed by atoms with van der Waals surface area (Å²) in [5.41, 5.74) is -0.363. The lowest BCUT2D eigenvalue weighted by Gasteiger charge is -2.27. The zero-order valence-corrected chi connectivity index (χ0v) is 13.8. The summed E-state index contributed by atoms with van der Waals surface area (Å²) in [4.78, 5) is 17.2. The molecule has 1 saturated heterocycles. The number of carbonyl (C=O) groups is 1. The molecule has 2 unspecified atom stereocenters. The van der Waals surface area contributed by atoms with Gasteiger partial charge in [0.2, 0.25) is 5.91 Å². The van der Waals surface area contributed by atoms with Gasteiger partial charge in [-0.15, -0.1) is 0 Å². The summed E-state index contributed by atoms with van der Waals surface area (Å²) in [6.07, 6.45) is 4.75. The fraction of sp³-hybridized carbons (Fsp3) is 0.938. The lowest BCUT2D eigenvalue weighted by molar-refractivity contribution is -0.133.